The van der Waals surface area contributed by atoms with Crippen molar-refractivity contribution < 1.29 is 19.2 Å². The summed E-state index contributed by atoms with van der Waals surface area (Å²) in [6.07, 6.45) is 5.55. The number of anilines is 1. The Kier molecular flexibility index (Phi) is 5.84. The van der Waals surface area contributed by atoms with E-state index in [4.69, 9.17) is 0 Å². The lowest BCUT2D eigenvalue weighted by Gasteiger charge is -2.18. The topological polar surface area (TPSA) is 103 Å². The predicted octanol–water partition coefficient (Wildman–Crippen LogP) is 3.55. The monoisotopic (exact) mass is 401 g/mol. The molecule has 0 saturated heterocycles. The molecule has 0 radical (unpaired) electrons. The molecule has 0 bridgehead atoms. The summed E-state index contributed by atoms with van der Waals surface area (Å²) in [4.78, 5) is 42.8. The number of nitro benzene ring substituents is 1. The van der Waals surface area contributed by atoms with Gasteiger partial charge in [0.2, 0.25) is 0 Å². The third-order valence-corrected chi connectivity index (χ3v) is 5.60. The first-order chi connectivity index (χ1) is 13.4. The van der Waals surface area contributed by atoms with Gasteiger partial charge in [-0.05, 0) is 31.7 Å². The first-order valence-electron chi connectivity index (χ1n) is 8.73. The quantitative estimate of drug-likeness (QED) is 0.317. The Morgan fingerprint density at radius 2 is 2.04 bits per heavy atom. The molecule has 1 aromatic heterocycles. The molecule has 1 aromatic carbocycles. The smallest absolute Gasteiger partial charge is 0.338 e. The zero-order chi connectivity index (χ0) is 20.3. The Morgan fingerprint density at radius 3 is 2.68 bits per heavy atom. The first kappa shape index (κ1) is 19.7. The van der Waals surface area contributed by atoms with Crippen LogP contribution in [0, 0.1) is 10.1 Å². The summed E-state index contributed by atoms with van der Waals surface area (Å²) in [6.45, 7) is 3.89. The molecule has 8 nitrogen and oxygen atoms in total. The number of amides is 1. The molecule has 9 heteroatoms. The van der Waals surface area contributed by atoms with E-state index >= 15 is 0 Å². The molecule has 1 aliphatic rings. The average molecular weight is 401 g/mol. The van der Waals surface area contributed by atoms with Gasteiger partial charge in [-0.15, -0.1) is 17.9 Å². The Labute approximate surface area is 165 Å². The molecule has 0 fully saturated rings. The Bertz CT molecular complexity index is 930. The van der Waals surface area contributed by atoms with Crippen molar-refractivity contribution in [2.45, 2.75) is 25.7 Å². The second-order valence-corrected chi connectivity index (χ2v) is 7.36. The number of rotatable bonds is 6. The number of aryl methyl sites for hydroxylation is 2. The van der Waals surface area contributed by atoms with Gasteiger partial charge < -0.3 is 4.74 Å². The number of methoxy groups -OCH3 is 1. The van der Waals surface area contributed by atoms with Crippen LogP contribution in [0.4, 0.5) is 10.8 Å². The molecule has 1 aliphatic carbocycles. The van der Waals surface area contributed by atoms with Crippen LogP contribution in [0.3, 0.4) is 0 Å². The number of ether oxygens (including phenoxy) is 1. The van der Waals surface area contributed by atoms with Crippen LogP contribution < -0.4 is 4.90 Å². The Hall–Kier alpha value is -3.07. The number of benzene rings is 1. The summed E-state index contributed by atoms with van der Waals surface area (Å²) in [6, 6.07) is 3.53. The van der Waals surface area contributed by atoms with E-state index in [0.29, 0.717) is 5.13 Å². The fraction of sp³-hybridized carbons (Fsp3) is 0.316. The van der Waals surface area contributed by atoms with Gasteiger partial charge in [-0.2, -0.15) is 0 Å². The molecular formula is C19H19N3O5S. The fourth-order valence-electron chi connectivity index (χ4n) is 3.06. The van der Waals surface area contributed by atoms with Gasteiger partial charge in [0, 0.05) is 29.1 Å². The number of hydrogen-bond donors (Lipinski definition) is 0. The molecule has 28 heavy (non-hydrogen) atoms. The molecule has 146 valence electrons. The molecule has 2 aromatic rings. The van der Waals surface area contributed by atoms with Gasteiger partial charge in [0.15, 0.2) is 5.13 Å². The van der Waals surface area contributed by atoms with Crippen LogP contribution in [0.1, 0.15) is 44.1 Å². The van der Waals surface area contributed by atoms with E-state index in [1.807, 2.05) is 0 Å². The van der Waals surface area contributed by atoms with Gasteiger partial charge >= 0.3 is 5.97 Å². The number of fused-ring (bicyclic) bond motifs is 1. The highest BCUT2D eigenvalue weighted by Gasteiger charge is 2.26. The molecule has 0 aliphatic heterocycles. The lowest BCUT2D eigenvalue weighted by atomic mass is 10.0. The molecule has 0 unspecified atom stereocenters. The highest BCUT2D eigenvalue weighted by atomic mass is 32.1. The van der Waals surface area contributed by atoms with Crippen molar-refractivity contribution in [3.63, 3.8) is 0 Å². The van der Waals surface area contributed by atoms with Crippen LogP contribution in [0.15, 0.2) is 30.9 Å². The standard InChI is InChI=1S/C19H19N3O5S/c1-3-8-21(19-20-15-6-4-5-7-16(15)28-19)17(23)12-9-13(18(24)27-2)11-14(10-12)22(25)26/h3,9-11H,1,4-8H2,2H3. The molecule has 0 N–H and O–H groups in total. The van der Waals surface area contributed by atoms with E-state index in [2.05, 4.69) is 16.3 Å². The van der Waals surface area contributed by atoms with Gasteiger partial charge in [0.05, 0.1) is 23.3 Å². The van der Waals surface area contributed by atoms with E-state index in [-0.39, 0.29) is 23.4 Å². The van der Waals surface area contributed by atoms with Crippen LogP contribution in [0.25, 0.3) is 0 Å². The van der Waals surface area contributed by atoms with E-state index in [1.54, 1.807) is 6.08 Å². The lowest BCUT2D eigenvalue weighted by Crippen LogP contribution is -2.31. The third-order valence-electron chi connectivity index (χ3n) is 4.42. The number of thiazole rings is 1. The maximum absolute atomic E-state index is 13.2. The highest BCUT2D eigenvalue weighted by Crippen LogP contribution is 2.33. The van der Waals surface area contributed by atoms with Crippen molar-refractivity contribution in [1.29, 1.82) is 0 Å². The minimum Gasteiger partial charge on any atom is -0.465 e. The predicted molar refractivity (Wildman–Crippen MR) is 105 cm³/mol. The van der Waals surface area contributed by atoms with E-state index < -0.39 is 16.8 Å². The van der Waals surface area contributed by atoms with Crippen molar-refractivity contribution in [1.82, 2.24) is 4.98 Å². The first-order valence-corrected chi connectivity index (χ1v) is 9.55. The van der Waals surface area contributed by atoms with Crippen molar-refractivity contribution in [3.8, 4) is 0 Å². The van der Waals surface area contributed by atoms with Gasteiger partial charge in [0.1, 0.15) is 0 Å². The van der Waals surface area contributed by atoms with Crippen molar-refractivity contribution in [2.75, 3.05) is 18.6 Å². The molecule has 1 heterocycles. The Morgan fingerprint density at radius 1 is 1.32 bits per heavy atom. The normalized spacial score (nSPS) is 12.8. The van der Waals surface area contributed by atoms with Crippen LogP contribution >= 0.6 is 11.3 Å². The highest BCUT2D eigenvalue weighted by molar-refractivity contribution is 7.16. The maximum atomic E-state index is 13.2. The lowest BCUT2D eigenvalue weighted by molar-refractivity contribution is -0.384. The van der Waals surface area contributed by atoms with Gasteiger partial charge in [-0.1, -0.05) is 6.08 Å². The second-order valence-electron chi connectivity index (χ2n) is 6.30. The minimum atomic E-state index is -0.752. The maximum Gasteiger partial charge on any atom is 0.338 e. The third kappa shape index (κ3) is 3.94. The molecule has 0 atom stereocenters. The fourth-order valence-corrected chi connectivity index (χ4v) is 4.22. The summed E-state index contributed by atoms with van der Waals surface area (Å²) < 4.78 is 4.64. The second kappa shape index (κ2) is 8.30. The molecule has 1 amide bonds. The number of aromatic nitrogens is 1. The summed E-state index contributed by atoms with van der Waals surface area (Å²) in [7, 11) is 1.17. The number of carbonyl (C=O) groups is 2. The SMILES string of the molecule is C=CCN(C(=O)c1cc(C(=O)OC)cc([N+](=O)[O-])c1)c1nc2c(s1)CCCC2. The molecule has 3 rings (SSSR count). The van der Waals surface area contributed by atoms with E-state index in [9.17, 15) is 19.7 Å². The van der Waals surface area contributed by atoms with Gasteiger partial charge in [-0.3, -0.25) is 19.8 Å². The number of non-ortho nitro benzene ring substituents is 1. The van der Waals surface area contributed by atoms with Crippen LogP contribution in [0.2, 0.25) is 0 Å². The summed E-state index contributed by atoms with van der Waals surface area (Å²) >= 11 is 1.45. The van der Waals surface area contributed by atoms with Crippen LogP contribution in [-0.2, 0) is 17.6 Å². The number of esters is 1. The Balaban J connectivity index is 2.02. The number of nitro groups is 1. The van der Waals surface area contributed by atoms with Crippen molar-refractivity contribution in [2.24, 2.45) is 0 Å². The average Bonchev–Trinajstić information content (AvgIpc) is 3.14. The largest absolute Gasteiger partial charge is 0.465 e. The van der Waals surface area contributed by atoms with Gasteiger partial charge in [-0.25, -0.2) is 9.78 Å². The van der Waals surface area contributed by atoms with Crippen LogP contribution in [0.5, 0.6) is 0 Å². The summed E-state index contributed by atoms with van der Waals surface area (Å²) in [5.41, 5.74) is 0.604. The summed E-state index contributed by atoms with van der Waals surface area (Å²) in [5.74, 6) is -1.24. The minimum absolute atomic E-state index is 0.0182. The molecule has 0 saturated carbocycles. The zero-order valence-corrected chi connectivity index (χ0v) is 16.2. The number of nitrogens with zero attached hydrogens (tertiary/aromatic N) is 3. The molecule has 0 spiro atoms. The summed E-state index contributed by atoms with van der Waals surface area (Å²) in [5, 5.41) is 11.8. The zero-order valence-electron chi connectivity index (χ0n) is 15.3. The number of hydrogen-bond acceptors (Lipinski definition) is 7. The van der Waals surface area contributed by atoms with E-state index in [1.165, 1.54) is 29.4 Å². The van der Waals surface area contributed by atoms with Crippen LogP contribution in [-0.4, -0.2) is 35.4 Å². The molecular weight excluding hydrogens is 382 g/mol. The van der Waals surface area contributed by atoms with Crippen molar-refractivity contribution >= 4 is 34.0 Å². The van der Waals surface area contributed by atoms with E-state index in [0.717, 1.165) is 48.4 Å². The van der Waals surface area contributed by atoms with Crippen molar-refractivity contribution in [3.05, 3.63) is 62.7 Å². The van der Waals surface area contributed by atoms with Gasteiger partial charge in [0.25, 0.3) is 11.6 Å². The number of carbonyl (C=O) groups excluding carboxylic acids is 2.